The number of nitrogens with one attached hydrogen (secondary N) is 2. The number of hydrogen-bond donors (Lipinski definition) is 2. The minimum Gasteiger partial charge on any atom is -0.346 e. The second-order valence-corrected chi connectivity index (χ2v) is 8.29. The van der Waals surface area contributed by atoms with E-state index in [-0.39, 0.29) is 5.41 Å². The quantitative estimate of drug-likeness (QED) is 0.561. The molecular weight excluding hydrogens is 346 g/mol. The fourth-order valence-corrected chi connectivity index (χ4v) is 4.97. The molecule has 1 fully saturated rings. The van der Waals surface area contributed by atoms with Crippen LogP contribution in [0.25, 0.3) is 33.4 Å². The van der Waals surface area contributed by atoms with Crippen molar-refractivity contribution in [3.05, 3.63) is 60.0 Å². The van der Waals surface area contributed by atoms with Crippen molar-refractivity contribution in [3.63, 3.8) is 0 Å². The molecule has 0 bridgehead atoms. The highest BCUT2D eigenvalue weighted by Gasteiger charge is 2.42. The number of rotatable bonds is 2. The molecule has 0 saturated carbocycles. The van der Waals surface area contributed by atoms with E-state index in [4.69, 9.17) is 5.10 Å². The van der Waals surface area contributed by atoms with Crippen molar-refractivity contribution in [2.75, 3.05) is 13.1 Å². The summed E-state index contributed by atoms with van der Waals surface area (Å²) in [6, 6.07) is 13.1. The predicted molar refractivity (Wildman–Crippen MR) is 111 cm³/mol. The van der Waals surface area contributed by atoms with E-state index in [1.807, 2.05) is 6.20 Å². The third kappa shape index (κ3) is 2.29. The third-order valence-corrected chi connectivity index (χ3v) is 6.53. The first kappa shape index (κ1) is 16.1. The van der Waals surface area contributed by atoms with Crippen LogP contribution in [-0.2, 0) is 12.0 Å². The molecule has 0 aliphatic carbocycles. The van der Waals surface area contributed by atoms with Crippen molar-refractivity contribution < 1.29 is 0 Å². The lowest BCUT2D eigenvalue weighted by Crippen LogP contribution is -2.25. The number of aromatic amines is 1. The van der Waals surface area contributed by atoms with Crippen LogP contribution in [0.15, 0.2) is 48.8 Å². The van der Waals surface area contributed by atoms with E-state index in [0.717, 1.165) is 41.9 Å². The fraction of sp³-hybridized carbons (Fsp3) is 0.304. The standard InChI is InChI=1S/C23H23N5/c1-15-3-2-4-16(9-15)19-13-26-22-18(19)10-17(12-25-22)20-11-21-23(5-7-24-14-23)6-8-28(21)27-20/h2-4,9-13,24H,5-8,14H2,1H3,(H,25,26). The zero-order valence-electron chi connectivity index (χ0n) is 16.0. The van der Waals surface area contributed by atoms with E-state index >= 15 is 0 Å². The number of pyridine rings is 1. The summed E-state index contributed by atoms with van der Waals surface area (Å²) in [6.07, 6.45) is 6.42. The number of H-pyrrole nitrogens is 1. The molecule has 2 aliphatic rings. The number of fused-ring (bicyclic) bond motifs is 3. The molecule has 1 saturated heterocycles. The van der Waals surface area contributed by atoms with Crippen molar-refractivity contribution >= 4 is 11.0 Å². The van der Waals surface area contributed by atoms with Crippen LogP contribution in [0.5, 0.6) is 0 Å². The Bertz CT molecular complexity index is 1190. The first-order chi connectivity index (χ1) is 13.7. The van der Waals surface area contributed by atoms with Gasteiger partial charge in [0, 0.05) is 53.1 Å². The number of benzene rings is 1. The zero-order chi connectivity index (χ0) is 18.7. The molecule has 1 unspecified atom stereocenters. The molecule has 1 aromatic carbocycles. The molecule has 1 atom stereocenters. The molecule has 2 N–H and O–H groups in total. The monoisotopic (exact) mass is 369 g/mol. The van der Waals surface area contributed by atoms with Gasteiger partial charge in [-0.25, -0.2) is 4.98 Å². The van der Waals surface area contributed by atoms with Gasteiger partial charge < -0.3 is 10.3 Å². The van der Waals surface area contributed by atoms with E-state index in [1.165, 1.54) is 35.2 Å². The molecule has 0 radical (unpaired) electrons. The minimum absolute atomic E-state index is 0.281. The minimum atomic E-state index is 0.281. The van der Waals surface area contributed by atoms with Gasteiger partial charge in [-0.05, 0) is 44.0 Å². The molecule has 5 heterocycles. The molecule has 5 nitrogen and oxygen atoms in total. The molecule has 28 heavy (non-hydrogen) atoms. The molecule has 5 heteroatoms. The van der Waals surface area contributed by atoms with E-state index in [9.17, 15) is 0 Å². The van der Waals surface area contributed by atoms with Gasteiger partial charge in [0.25, 0.3) is 0 Å². The summed E-state index contributed by atoms with van der Waals surface area (Å²) in [5.74, 6) is 0. The van der Waals surface area contributed by atoms with E-state index in [1.54, 1.807) is 0 Å². The van der Waals surface area contributed by atoms with Crippen LogP contribution in [0.4, 0.5) is 0 Å². The average molecular weight is 369 g/mol. The smallest absolute Gasteiger partial charge is 0.137 e. The number of nitrogens with zero attached hydrogens (tertiary/aromatic N) is 3. The summed E-state index contributed by atoms with van der Waals surface area (Å²) in [7, 11) is 0. The Balaban J connectivity index is 1.45. The number of hydrogen-bond acceptors (Lipinski definition) is 3. The molecule has 6 rings (SSSR count). The van der Waals surface area contributed by atoms with E-state index in [0.29, 0.717) is 0 Å². The van der Waals surface area contributed by atoms with E-state index in [2.05, 4.69) is 69.5 Å². The van der Waals surface area contributed by atoms with Gasteiger partial charge in [-0.15, -0.1) is 0 Å². The van der Waals surface area contributed by atoms with Crippen molar-refractivity contribution in [2.45, 2.75) is 31.7 Å². The molecular formula is C23H23N5. The Hall–Kier alpha value is -2.92. The van der Waals surface area contributed by atoms with Crippen molar-refractivity contribution in [2.24, 2.45) is 0 Å². The first-order valence-electron chi connectivity index (χ1n) is 10.1. The van der Waals surface area contributed by atoms with Crippen LogP contribution in [0, 0.1) is 6.92 Å². The lowest BCUT2D eigenvalue weighted by Gasteiger charge is -2.20. The topological polar surface area (TPSA) is 58.5 Å². The number of aryl methyl sites for hydroxylation is 2. The highest BCUT2D eigenvalue weighted by Crippen LogP contribution is 2.41. The van der Waals surface area contributed by atoms with Gasteiger partial charge in [-0.1, -0.05) is 29.8 Å². The highest BCUT2D eigenvalue weighted by molar-refractivity contribution is 5.95. The van der Waals surface area contributed by atoms with Gasteiger partial charge in [0.2, 0.25) is 0 Å². The van der Waals surface area contributed by atoms with Crippen LogP contribution in [0.3, 0.4) is 0 Å². The maximum absolute atomic E-state index is 4.93. The maximum Gasteiger partial charge on any atom is 0.137 e. The van der Waals surface area contributed by atoms with Gasteiger partial charge in [0.1, 0.15) is 5.65 Å². The van der Waals surface area contributed by atoms with Gasteiger partial charge in [-0.3, -0.25) is 4.68 Å². The Morgan fingerprint density at radius 1 is 1.11 bits per heavy atom. The van der Waals surface area contributed by atoms with Gasteiger partial charge in [-0.2, -0.15) is 5.10 Å². The zero-order valence-corrected chi connectivity index (χ0v) is 16.0. The summed E-state index contributed by atoms with van der Waals surface area (Å²) >= 11 is 0. The third-order valence-electron chi connectivity index (χ3n) is 6.53. The molecule has 2 aliphatic heterocycles. The Kier molecular flexibility index (Phi) is 3.32. The van der Waals surface area contributed by atoms with Gasteiger partial charge in [0.15, 0.2) is 0 Å². The summed E-state index contributed by atoms with van der Waals surface area (Å²) < 4.78 is 2.21. The molecule has 1 spiro atoms. The highest BCUT2D eigenvalue weighted by atomic mass is 15.3. The normalized spacial score (nSPS) is 21.0. The summed E-state index contributed by atoms with van der Waals surface area (Å²) in [5.41, 5.74) is 8.38. The molecule has 3 aromatic heterocycles. The van der Waals surface area contributed by atoms with Crippen LogP contribution < -0.4 is 5.32 Å². The molecule has 140 valence electrons. The van der Waals surface area contributed by atoms with Crippen LogP contribution in [-0.4, -0.2) is 32.8 Å². The van der Waals surface area contributed by atoms with E-state index < -0.39 is 0 Å². The van der Waals surface area contributed by atoms with Crippen LogP contribution in [0.1, 0.15) is 24.1 Å². The maximum atomic E-state index is 4.93. The summed E-state index contributed by atoms with van der Waals surface area (Å²) in [5, 5.41) is 9.61. The predicted octanol–water partition coefficient (Wildman–Crippen LogP) is 4.04. The van der Waals surface area contributed by atoms with Crippen LogP contribution in [0.2, 0.25) is 0 Å². The second kappa shape index (κ2) is 5.79. The fourth-order valence-electron chi connectivity index (χ4n) is 4.97. The Morgan fingerprint density at radius 2 is 2.07 bits per heavy atom. The van der Waals surface area contributed by atoms with Crippen molar-refractivity contribution in [3.8, 4) is 22.4 Å². The van der Waals surface area contributed by atoms with Crippen molar-refractivity contribution in [1.29, 1.82) is 0 Å². The molecule has 4 aromatic rings. The number of aromatic nitrogens is 4. The van der Waals surface area contributed by atoms with Gasteiger partial charge in [0.05, 0.1) is 5.69 Å². The summed E-state index contributed by atoms with van der Waals surface area (Å²) in [4.78, 5) is 8.00. The lowest BCUT2D eigenvalue weighted by atomic mass is 9.82. The average Bonchev–Trinajstić information content (AvgIpc) is 3.47. The lowest BCUT2D eigenvalue weighted by molar-refractivity contribution is 0.467. The van der Waals surface area contributed by atoms with Crippen molar-refractivity contribution in [1.82, 2.24) is 25.1 Å². The Labute approximate surface area is 163 Å². The summed E-state index contributed by atoms with van der Waals surface area (Å²) in [6.45, 7) is 5.33. The Morgan fingerprint density at radius 3 is 2.93 bits per heavy atom. The SMILES string of the molecule is Cc1cccc(-c2c[nH]c3ncc(-c4cc5n(n4)CCC54CCNC4)cc23)c1. The van der Waals surface area contributed by atoms with Crippen LogP contribution >= 0.6 is 0 Å². The molecule has 0 amide bonds. The first-order valence-corrected chi connectivity index (χ1v) is 10.1. The second-order valence-electron chi connectivity index (χ2n) is 8.29. The largest absolute Gasteiger partial charge is 0.346 e. The van der Waals surface area contributed by atoms with Gasteiger partial charge >= 0.3 is 0 Å².